The molecule has 116 valence electrons. The van der Waals surface area contributed by atoms with Crippen LogP contribution in [-0.2, 0) is 10.0 Å². The van der Waals surface area contributed by atoms with Crippen molar-refractivity contribution in [3.63, 3.8) is 0 Å². The zero-order valence-corrected chi connectivity index (χ0v) is 13.2. The fourth-order valence-corrected chi connectivity index (χ4v) is 3.48. The number of amides is 1. The van der Waals surface area contributed by atoms with E-state index in [1.54, 1.807) is 0 Å². The van der Waals surface area contributed by atoms with Gasteiger partial charge in [0.15, 0.2) is 4.90 Å². The van der Waals surface area contributed by atoms with Gasteiger partial charge in [0.2, 0.25) is 0 Å². The van der Waals surface area contributed by atoms with Crippen LogP contribution >= 0.6 is 15.9 Å². The smallest absolute Gasteiger partial charge is 0.421 e. The molecule has 0 aliphatic rings. The molecule has 0 unspecified atom stereocenters. The van der Waals surface area contributed by atoms with Crippen molar-refractivity contribution in [1.29, 1.82) is 0 Å². The Kier molecular flexibility index (Phi) is 6.09. The number of carbonyl (C=O) groups is 1. The number of hydrogen-bond acceptors (Lipinski definition) is 5. The van der Waals surface area contributed by atoms with E-state index in [1.165, 1.54) is 12.1 Å². The Bertz CT molecular complexity index is 633. The standard InChI is InChI=1S/C11H13BrN2O6S/c12-7-3-4-8-13(11(15)16)21(19,20)10-6-2-1-5-9(10)14(17)18/h1-2,5-6H,3-4,7-8H2,(H,15,16). The topological polar surface area (TPSA) is 118 Å². The highest BCUT2D eigenvalue weighted by Crippen LogP contribution is 2.26. The third-order valence-electron chi connectivity index (χ3n) is 2.59. The van der Waals surface area contributed by atoms with Crippen molar-refractivity contribution >= 4 is 37.7 Å². The van der Waals surface area contributed by atoms with Gasteiger partial charge in [0, 0.05) is 17.9 Å². The van der Waals surface area contributed by atoms with E-state index >= 15 is 0 Å². The number of nitro benzene ring substituents is 1. The second-order valence-electron chi connectivity index (χ2n) is 3.98. The summed E-state index contributed by atoms with van der Waals surface area (Å²) in [5.41, 5.74) is -0.649. The van der Waals surface area contributed by atoms with Crippen molar-refractivity contribution in [3.8, 4) is 0 Å². The molecule has 1 N–H and O–H groups in total. The molecular weight excluding hydrogens is 368 g/mol. The maximum atomic E-state index is 12.3. The molecule has 1 aromatic carbocycles. The van der Waals surface area contributed by atoms with E-state index in [1.807, 2.05) is 0 Å². The van der Waals surface area contributed by atoms with Crippen LogP contribution in [0.15, 0.2) is 29.2 Å². The molecule has 0 aromatic heterocycles. The Hall–Kier alpha value is -1.68. The van der Waals surface area contributed by atoms with Gasteiger partial charge in [-0.15, -0.1) is 0 Å². The van der Waals surface area contributed by atoms with Gasteiger partial charge in [-0.2, -0.15) is 0 Å². The number of halogens is 1. The van der Waals surface area contributed by atoms with Crippen molar-refractivity contribution in [3.05, 3.63) is 34.4 Å². The van der Waals surface area contributed by atoms with Gasteiger partial charge in [-0.25, -0.2) is 17.5 Å². The average molecular weight is 381 g/mol. The molecule has 21 heavy (non-hydrogen) atoms. The van der Waals surface area contributed by atoms with Crippen LogP contribution in [0.1, 0.15) is 12.8 Å². The summed E-state index contributed by atoms with van der Waals surface area (Å²) in [5, 5.41) is 20.6. The second kappa shape index (κ2) is 7.36. The normalized spacial score (nSPS) is 11.1. The maximum absolute atomic E-state index is 12.3. The second-order valence-corrected chi connectivity index (χ2v) is 6.60. The van der Waals surface area contributed by atoms with E-state index in [9.17, 15) is 23.3 Å². The summed E-state index contributed by atoms with van der Waals surface area (Å²) in [6.07, 6.45) is -0.768. The van der Waals surface area contributed by atoms with Gasteiger partial charge in [-0.3, -0.25) is 10.1 Å². The predicted molar refractivity (Wildman–Crippen MR) is 78.0 cm³/mol. The summed E-state index contributed by atoms with van der Waals surface area (Å²) < 4.78 is 24.9. The van der Waals surface area contributed by atoms with Gasteiger partial charge >= 0.3 is 6.09 Å². The first kappa shape index (κ1) is 17.4. The molecule has 8 nitrogen and oxygen atoms in total. The first-order valence-corrected chi connectivity index (χ1v) is 8.43. The van der Waals surface area contributed by atoms with E-state index < -0.39 is 31.6 Å². The molecule has 0 heterocycles. The Labute approximate surface area is 129 Å². The summed E-state index contributed by atoms with van der Waals surface area (Å²) in [5.74, 6) is 0. The van der Waals surface area contributed by atoms with Crippen LogP contribution < -0.4 is 0 Å². The lowest BCUT2D eigenvalue weighted by atomic mass is 10.3. The zero-order valence-electron chi connectivity index (χ0n) is 10.8. The molecule has 0 radical (unpaired) electrons. The fourth-order valence-electron chi connectivity index (χ4n) is 1.61. The van der Waals surface area contributed by atoms with Crippen LogP contribution in [0.3, 0.4) is 0 Å². The summed E-state index contributed by atoms with van der Waals surface area (Å²) in [6.45, 7) is -0.255. The Morgan fingerprint density at radius 1 is 1.33 bits per heavy atom. The number of para-hydroxylation sites is 1. The molecule has 10 heteroatoms. The summed E-state index contributed by atoms with van der Waals surface area (Å²) in [7, 11) is -4.48. The monoisotopic (exact) mass is 380 g/mol. The number of rotatable bonds is 7. The van der Waals surface area contributed by atoms with Gasteiger partial charge < -0.3 is 5.11 Å². The predicted octanol–water partition coefficient (Wildman–Crippen LogP) is 2.44. The van der Waals surface area contributed by atoms with Crippen molar-refractivity contribution in [1.82, 2.24) is 4.31 Å². The highest BCUT2D eigenvalue weighted by atomic mass is 79.9. The van der Waals surface area contributed by atoms with Crippen molar-refractivity contribution in [2.75, 3.05) is 11.9 Å². The molecule has 1 aromatic rings. The molecule has 1 rings (SSSR count). The van der Waals surface area contributed by atoms with Crippen LogP contribution in [0.5, 0.6) is 0 Å². The van der Waals surface area contributed by atoms with E-state index in [0.29, 0.717) is 18.2 Å². The van der Waals surface area contributed by atoms with Crippen molar-refractivity contribution < 1.29 is 23.2 Å². The molecule has 0 saturated heterocycles. The maximum Gasteiger partial charge on any atom is 0.421 e. The first-order chi connectivity index (χ1) is 9.82. The third kappa shape index (κ3) is 4.14. The first-order valence-electron chi connectivity index (χ1n) is 5.87. The van der Waals surface area contributed by atoms with Crippen LogP contribution in [0.25, 0.3) is 0 Å². The average Bonchev–Trinajstić information content (AvgIpc) is 2.42. The number of alkyl halides is 1. The van der Waals surface area contributed by atoms with E-state index in [2.05, 4.69) is 15.9 Å². The van der Waals surface area contributed by atoms with E-state index in [4.69, 9.17) is 5.11 Å². The summed E-state index contributed by atoms with van der Waals surface area (Å²) >= 11 is 3.16. The highest BCUT2D eigenvalue weighted by molar-refractivity contribution is 9.09. The minimum atomic E-state index is -4.48. The van der Waals surface area contributed by atoms with Crippen molar-refractivity contribution in [2.45, 2.75) is 17.7 Å². The van der Waals surface area contributed by atoms with Gasteiger partial charge in [0.1, 0.15) is 0 Å². The lowest BCUT2D eigenvalue weighted by molar-refractivity contribution is -0.387. The van der Waals surface area contributed by atoms with Crippen LogP contribution in [0.2, 0.25) is 0 Å². The zero-order chi connectivity index (χ0) is 16.0. The number of sulfonamides is 1. The minimum absolute atomic E-state index is 0.234. The molecule has 0 aliphatic heterocycles. The minimum Gasteiger partial charge on any atom is -0.464 e. The Balaban J connectivity index is 3.24. The van der Waals surface area contributed by atoms with Crippen LogP contribution in [-0.4, -0.2) is 40.7 Å². The van der Waals surface area contributed by atoms with E-state index in [0.717, 1.165) is 12.1 Å². The molecule has 0 saturated carbocycles. The lowest BCUT2D eigenvalue weighted by Crippen LogP contribution is -2.36. The van der Waals surface area contributed by atoms with Crippen molar-refractivity contribution in [2.24, 2.45) is 0 Å². The molecule has 1 amide bonds. The Morgan fingerprint density at radius 3 is 2.48 bits per heavy atom. The summed E-state index contributed by atoms with van der Waals surface area (Å²) in [4.78, 5) is 20.6. The molecule has 0 fully saturated rings. The number of unbranched alkanes of at least 4 members (excludes halogenated alkanes) is 1. The van der Waals surface area contributed by atoms with Gasteiger partial charge in [0.05, 0.1) is 4.92 Å². The van der Waals surface area contributed by atoms with Crippen LogP contribution in [0.4, 0.5) is 10.5 Å². The number of benzene rings is 1. The van der Waals surface area contributed by atoms with E-state index in [-0.39, 0.29) is 10.8 Å². The van der Waals surface area contributed by atoms with Gasteiger partial charge in [-0.05, 0) is 18.9 Å². The fraction of sp³-hybridized carbons (Fsp3) is 0.364. The molecular formula is C11H13BrN2O6S. The molecule has 0 atom stereocenters. The largest absolute Gasteiger partial charge is 0.464 e. The third-order valence-corrected chi connectivity index (χ3v) is 4.97. The summed E-state index contributed by atoms with van der Waals surface area (Å²) in [6, 6.07) is 4.66. The molecule has 0 bridgehead atoms. The number of nitro groups is 1. The molecule has 0 aliphatic carbocycles. The number of carboxylic acid groups (broad SMARTS) is 1. The highest BCUT2D eigenvalue weighted by Gasteiger charge is 2.34. The number of hydrogen-bond donors (Lipinski definition) is 1. The van der Waals surface area contributed by atoms with Crippen LogP contribution in [0, 0.1) is 10.1 Å². The Morgan fingerprint density at radius 2 is 1.95 bits per heavy atom. The SMILES string of the molecule is O=C(O)N(CCCCBr)S(=O)(=O)c1ccccc1[N+](=O)[O-]. The molecule has 0 spiro atoms. The lowest BCUT2D eigenvalue weighted by Gasteiger charge is -2.18. The van der Waals surface area contributed by atoms with Gasteiger partial charge in [-0.1, -0.05) is 28.1 Å². The number of nitrogens with zero attached hydrogens (tertiary/aromatic N) is 2. The van der Waals surface area contributed by atoms with Gasteiger partial charge in [0.25, 0.3) is 15.7 Å². The quantitative estimate of drug-likeness (QED) is 0.335.